The summed E-state index contributed by atoms with van der Waals surface area (Å²) in [5.74, 6) is -2.34. The van der Waals surface area contributed by atoms with E-state index in [9.17, 15) is 21.7 Å². The Labute approximate surface area is 261 Å². The Hall–Kier alpha value is 0.833. The van der Waals surface area contributed by atoms with Gasteiger partial charge in [0.2, 0.25) is 0 Å². The van der Waals surface area contributed by atoms with Crippen LogP contribution >= 0.6 is 0 Å². The molecule has 166 valence electrons. The zero-order valence-electron chi connectivity index (χ0n) is 18.4. The van der Waals surface area contributed by atoms with Crippen LogP contribution in [0, 0.1) is 11.6 Å². The zero-order valence-corrected chi connectivity index (χ0v) is 23.7. The first kappa shape index (κ1) is 39.1. The van der Waals surface area contributed by atoms with Crippen LogP contribution < -0.4 is 123 Å². The Balaban J connectivity index is -0.000000122. The summed E-state index contributed by atoms with van der Waals surface area (Å²) in [7, 11) is 1.56. The Morgan fingerprint density at radius 3 is 1.48 bits per heavy atom. The van der Waals surface area contributed by atoms with Gasteiger partial charge in [0, 0.05) is 16.3 Å². The predicted molar refractivity (Wildman–Crippen MR) is 95.9 cm³/mol. The molecule has 5 nitrogen and oxygen atoms in total. The van der Waals surface area contributed by atoms with Crippen molar-refractivity contribution in [3.63, 3.8) is 0 Å². The van der Waals surface area contributed by atoms with E-state index in [1.165, 1.54) is 25.3 Å². The van der Waals surface area contributed by atoms with Gasteiger partial charge in [0.05, 0.1) is 31.2 Å². The van der Waals surface area contributed by atoms with E-state index in [-0.39, 0.29) is 115 Å². The van der Waals surface area contributed by atoms with Crippen molar-refractivity contribution in [2.24, 2.45) is 0 Å². The average Bonchev–Trinajstić information content (AvgIpc) is 2.69. The van der Waals surface area contributed by atoms with Crippen LogP contribution in [0.2, 0.25) is 0 Å². The van der Waals surface area contributed by atoms with E-state index in [0.717, 1.165) is 32.4 Å². The monoisotopic (exact) mass is 512 g/mol. The molecule has 0 spiro atoms. The Morgan fingerprint density at radius 1 is 0.806 bits per heavy atom. The van der Waals surface area contributed by atoms with Crippen molar-refractivity contribution in [1.29, 1.82) is 0 Å². The molecule has 0 saturated heterocycles. The van der Waals surface area contributed by atoms with Gasteiger partial charge in [-0.2, -0.15) is 0 Å². The molecule has 3 N–H and O–H groups in total. The summed E-state index contributed by atoms with van der Waals surface area (Å²) < 4.78 is 87.5. The second kappa shape index (κ2) is 21.4. The number of benzene rings is 2. The fourth-order valence-corrected chi connectivity index (χ4v) is 1.96. The molecule has 0 aromatic heterocycles. The largest absolute Gasteiger partial charge is 1.00 e. The number of aliphatic hydroxyl groups is 1. The summed E-state index contributed by atoms with van der Waals surface area (Å²) in [5.41, 5.74) is -1.54. The fraction of sp³-hybridized carbons (Fsp3) is 0.200. The molecule has 2 rings (SSSR count). The van der Waals surface area contributed by atoms with E-state index in [2.05, 4.69) is 4.74 Å². The van der Waals surface area contributed by atoms with Crippen LogP contribution in [0.15, 0.2) is 36.4 Å². The smallest absolute Gasteiger partial charge is 1.00 e. The molecule has 0 unspecified atom stereocenters. The maximum absolute atomic E-state index is 12.9. The van der Waals surface area contributed by atoms with Crippen LogP contribution in [-0.4, -0.2) is 50.6 Å². The molecule has 0 saturated carbocycles. The minimum Gasteiger partial charge on any atom is -1.00 e. The van der Waals surface area contributed by atoms with Gasteiger partial charge in [-0.1, -0.05) is 12.1 Å². The fourth-order valence-electron chi connectivity index (χ4n) is 1.96. The van der Waals surface area contributed by atoms with Gasteiger partial charge in [-0.05, 0) is 29.7 Å². The minimum atomic E-state index is -5.36. The molecule has 0 heterocycles. The van der Waals surface area contributed by atoms with E-state index < -0.39 is 36.9 Å². The van der Waals surface area contributed by atoms with Gasteiger partial charge in [-0.15, -0.1) is 0 Å². The summed E-state index contributed by atoms with van der Waals surface area (Å²) in [6, 6.07) is 7.02. The Bertz CT molecular complexity index is 735. The second-order valence-corrected chi connectivity index (χ2v) is 4.66. The number of rotatable bonds is 4. The summed E-state index contributed by atoms with van der Waals surface area (Å²) in [6.07, 6.45) is 0. The molecule has 0 aliphatic heterocycles. The molecule has 16 heteroatoms. The molecular formula is C15H19B2F7K2O5. The first-order valence-corrected chi connectivity index (χ1v) is 7.43. The number of hydrogen-bond acceptors (Lipinski definition) is 5. The van der Waals surface area contributed by atoms with Gasteiger partial charge in [-0.3, -0.25) is 0 Å². The van der Waals surface area contributed by atoms with Crippen molar-refractivity contribution >= 4 is 25.0 Å². The second-order valence-electron chi connectivity index (χ2n) is 4.66. The summed E-state index contributed by atoms with van der Waals surface area (Å²) >= 11 is 0. The molecule has 2 aromatic carbocycles. The van der Waals surface area contributed by atoms with Crippen molar-refractivity contribution in [2.45, 2.75) is 0 Å². The van der Waals surface area contributed by atoms with Gasteiger partial charge in [0.1, 0.15) is 11.6 Å². The molecule has 0 radical (unpaired) electrons. The van der Waals surface area contributed by atoms with Crippen LogP contribution in [-0.2, 0) is 0 Å². The van der Waals surface area contributed by atoms with Crippen LogP contribution in [0.3, 0.4) is 0 Å². The van der Waals surface area contributed by atoms with E-state index in [0.29, 0.717) is 0 Å². The molecule has 0 amide bonds. The van der Waals surface area contributed by atoms with Crippen LogP contribution in [0.5, 0.6) is 11.5 Å². The predicted octanol–water partition coefficient (Wildman–Crippen LogP) is -4.03. The van der Waals surface area contributed by atoms with Crippen molar-refractivity contribution in [3.8, 4) is 11.5 Å². The molecule has 2 aromatic rings. The van der Waals surface area contributed by atoms with Crippen molar-refractivity contribution in [3.05, 3.63) is 48.0 Å². The molecule has 0 aliphatic carbocycles. The molecule has 0 atom stereocenters. The van der Waals surface area contributed by atoms with Crippen LogP contribution in [0.1, 0.15) is 1.43 Å². The van der Waals surface area contributed by atoms with Crippen molar-refractivity contribution < 1.29 is 160 Å². The van der Waals surface area contributed by atoms with E-state index in [1.807, 2.05) is 0 Å². The average molecular weight is 512 g/mol. The minimum absolute atomic E-state index is 0. The quantitative estimate of drug-likeness (QED) is 0.288. The first-order chi connectivity index (χ1) is 13.6. The zero-order chi connectivity index (χ0) is 23.2. The number of halogens is 7. The Morgan fingerprint density at radius 2 is 1.19 bits per heavy atom. The third-order valence-corrected chi connectivity index (χ3v) is 3.05. The topological polar surface area (TPSA) is 79.2 Å². The standard InChI is InChI=1S/C7H6BF4O.C7H8BFO3.CH4O.F2.2K.H/c1-13-6-4-2-3-5(9)7(6)8(10,11)12;1-12-6-4-2-3-5(9)7(6)8(10)11;2*1-2;;;/h2-4H,1H3;2-4,10-11H,1H3;2H,1H3;;;;/q-1;;;;2*+1;-1. The number of aliphatic hydroxyl groups excluding tert-OH is 1. The maximum atomic E-state index is 12.9. The van der Waals surface area contributed by atoms with E-state index in [1.54, 1.807) is 0 Å². The summed E-state index contributed by atoms with van der Waals surface area (Å²) in [6.45, 7) is -5.36. The first-order valence-electron chi connectivity index (χ1n) is 7.43. The normalized spacial score (nSPS) is 8.94. The summed E-state index contributed by atoms with van der Waals surface area (Å²) in [5, 5.41) is 24.5. The maximum Gasteiger partial charge on any atom is 1.00 e. The Kier molecular flexibility index (Phi) is 26.9. The number of methoxy groups -OCH3 is 2. The molecule has 0 bridgehead atoms. The van der Waals surface area contributed by atoms with Gasteiger partial charge >= 0.3 is 117 Å². The van der Waals surface area contributed by atoms with Crippen LogP contribution in [0.25, 0.3) is 0 Å². The van der Waals surface area contributed by atoms with E-state index >= 15 is 0 Å². The van der Waals surface area contributed by atoms with Gasteiger partial charge in [0.15, 0.2) is 0 Å². The number of hydrogen-bond donors (Lipinski definition) is 3. The molecular weight excluding hydrogens is 493 g/mol. The molecule has 0 aliphatic rings. The van der Waals surface area contributed by atoms with Gasteiger partial charge < -0.3 is 39.0 Å². The van der Waals surface area contributed by atoms with Crippen molar-refractivity contribution in [1.82, 2.24) is 0 Å². The van der Waals surface area contributed by atoms with Gasteiger partial charge in [0.25, 0.3) is 0 Å². The molecule has 31 heavy (non-hydrogen) atoms. The van der Waals surface area contributed by atoms with Crippen LogP contribution in [0.4, 0.5) is 30.9 Å². The third kappa shape index (κ3) is 14.0. The van der Waals surface area contributed by atoms with E-state index in [4.69, 9.17) is 29.0 Å². The SMILES string of the molecule is CO.COc1cccc(F)c1B(O)O.COc1cccc(F)c1[B-](F)(F)F.FF.[H-].[K+].[K+]. The van der Waals surface area contributed by atoms with Gasteiger partial charge in [-0.25, -0.2) is 8.78 Å². The number of ether oxygens (including phenoxy) is 2. The van der Waals surface area contributed by atoms with Crippen molar-refractivity contribution in [2.75, 3.05) is 21.3 Å². The third-order valence-electron chi connectivity index (χ3n) is 3.05. The summed E-state index contributed by atoms with van der Waals surface area (Å²) in [4.78, 5) is 0. The molecule has 0 fully saturated rings.